The Morgan fingerprint density at radius 1 is 1.31 bits per heavy atom. The number of fused-ring (bicyclic) bond motifs is 1. The zero-order chi connectivity index (χ0) is 18.7. The number of carbonyl (C=O) groups excluding carboxylic acids is 1. The third-order valence-corrected chi connectivity index (χ3v) is 5.18. The van der Waals surface area contributed by atoms with Crippen LogP contribution in [0.3, 0.4) is 0 Å². The van der Waals surface area contributed by atoms with E-state index in [2.05, 4.69) is 5.32 Å². The van der Waals surface area contributed by atoms with E-state index in [-0.39, 0.29) is 12.1 Å². The molecule has 2 atom stereocenters. The molecule has 2 aromatic rings. The molecule has 0 spiro atoms. The SMILES string of the molecule is CCNc1ccc2c(c1)C(OCC)C(OC(=O)c1cccs1)C(C)(C)O2. The first-order valence-corrected chi connectivity index (χ1v) is 9.77. The van der Waals surface area contributed by atoms with Gasteiger partial charge >= 0.3 is 5.97 Å². The molecule has 1 aliphatic rings. The van der Waals surface area contributed by atoms with Crippen LogP contribution < -0.4 is 10.1 Å². The third kappa shape index (κ3) is 3.71. The Kier molecular flexibility index (Phi) is 5.53. The number of rotatable bonds is 6. The van der Waals surface area contributed by atoms with E-state index in [1.807, 2.05) is 57.3 Å². The second-order valence-corrected chi connectivity index (χ2v) is 7.62. The number of carbonyl (C=O) groups is 1. The number of benzene rings is 1. The largest absolute Gasteiger partial charge is 0.483 e. The predicted molar refractivity (Wildman–Crippen MR) is 103 cm³/mol. The fourth-order valence-corrected chi connectivity index (χ4v) is 3.78. The summed E-state index contributed by atoms with van der Waals surface area (Å²) in [7, 11) is 0. The molecule has 0 bridgehead atoms. The van der Waals surface area contributed by atoms with Gasteiger partial charge in [0, 0.05) is 24.4 Å². The summed E-state index contributed by atoms with van der Waals surface area (Å²) in [5.41, 5.74) is 1.18. The lowest BCUT2D eigenvalue weighted by Gasteiger charge is -2.43. The molecule has 5 nitrogen and oxygen atoms in total. The van der Waals surface area contributed by atoms with Gasteiger partial charge in [0.05, 0.1) is 0 Å². The van der Waals surface area contributed by atoms with Gasteiger partial charge in [-0.15, -0.1) is 11.3 Å². The van der Waals surface area contributed by atoms with Crippen molar-refractivity contribution in [1.82, 2.24) is 0 Å². The van der Waals surface area contributed by atoms with E-state index in [1.54, 1.807) is 6.07 Å². The Balaban J connectivity index is 1.96. The third-order valence-electron chi connectivity index (χ3n) is 4.33. The second kappa shape index (κ2) is 7.68. The van der Waals surface area contributed by atoms with Crippen LogP contribution in [0.4, 0.5) is 5.69 Å². The first-order chi connectivity index (χ1) is 12.5. The van der Waals surface area contributed by atoms with Gasteiger partial charge in [0.25, 0.3) is 0 Å². The van der Waals surface area contributed by atoms with Crippen molar-refractivity contribution in [1.29, 1.82) is 0 Å². The van der Waals surface area contributed by atoms with Gasteiger partial charge in [-0.3, -0.25) is 0 Å². The Hall–Kier alpha value is -2.05. The zero-order valence-corrected chi connectivity index (χ0v) is 16.4. The van der Waals surface area contributed by atoms with Crippen LogP contribution in [0.25, 0.3) is 0 Å². The summed E-state index contributed by atoms with van der Waals surface area (Å²) in [5.74, 6) is 0.413. The molecule has 26 heavy (non-hydrogen) atoms. The Morgan fingerprint density at radius 2 is 2.12 bits per heavy atom. The lowest BCUT2D eigenvalue weighted by molar-refractivity contribution is -0.137. The number of hydrogen-bond acceptors (Lipinski definition) is 6. The molecule has 1 N–H and O–H groups in total. The van der Waals surface area contributed by atoms with E-state index in [0.717, 1.165) is 23.5 Å². The minimum absolute atomic E-state index is 0.349. The molecule has 0 saturated carbocycles. The summed E-state index contributed by atoms with van der Waals surface area (Å²) in [6.07, 6.45) is -0.942. The van der Waals surface area contributed by atoms with Crippen molar-refractivity contribution >= 4 is 23.0 Å². The van der Waals surface area contributed by atoms with Crippen molar-refractivity contribution in [3.8, 4) is 5.75 Å². The van der Waals surface area contributed by atoms with Crippen LogP contribution in [0.2, 0.25) is 0 Å². The molecule has 2 unspecified atom stereocenters. The number of thiophene rings is 1. The number of esters is 1. The van der Waals surface area contributed by atoms with E-state index < -0.39 is 11.7 Å². The van der Waals surface area contributed by atoms with Crippen LogP contribution in [0.1, 0.15) is 49.0 Å². The van der Waals surface area contributed by atoms with Gasteiger partial charge in [-0.05, 0) is 57.3 Å². The highest BCUT2D eigenvalue weighted by Gasteiger charge is 2.47. The van der Waals surface area contributed by atoms with Crippen LogP contribution in [-0.2, 0) is 9.47 Å². The highest BCUT2D eigenvalue weighted by molar-refractivity contribution is 7.11. The molecular formula is C20H25NO4S. The molecule has 0 fully saturated rings. The standard InChI is InChI=1S/C20H25NO4S/c1-5-21-13-9-10-15-14(12-13)17(23-6-2)18(20(3,4)25-15)24-19(22)16-8-7-11-26-16/h7-12,17-18,21H,5-6H2,1-4H3. The number of hydrogen-bond donors (Lipinski definition) is 1. The van der Waals surface area contributed by atoms with Crippen molar-refractivity contribution < 1.29 is 19.0 Å². The molecule has 0 aliphatic carbocycles. The summed E-state index contributed by atoms with van der Waals surface area (Å²) < 4.78 is 18.1. The summed E-state index contributed by atoms with van der Waals surface area (Å²) in [6, 6.07) is 9.54. The van der Waals surface area contributed by atoms with Gasteiger partial charge in [0.2, 0.25) is 0 Å². The molecule has 140 valence electrons. The highest BCUT2D eigenvalue weighted by Crippen LogP contribution is 2.44. The van der Waals surface area contributed by atoms with E-state index >= 15 is 0 Å². The zero-order valence-electron chi connectivity index (χ0n) is 15.6. The van der Waals surface area contributed by atoms with Crippen LogP contribution in [0, 0.1) is 0 Å². The van der Waals surface area contributed by atoms with E-state index in [4.69, 9.17) is 14.2 Å². The molecule has 6 heteroatoms. The van der Waals surface area contributed by atoms with E-state index in [1.165, 1.54) is 11.3 Å². The first kappa shape index (κ1) is 18.7. The normalized spacial score (nSPS) is 20.8. The van der Waals surface area contributed by atoms with Crippen molar-refractivity contribution in [2.45, 2.75) is 45.5 Å². The van der Waals surface area contributed by atoms with E-state index in [9.17, 15) is 4.79 Å². The lowest BCUT2D eigenvalue weighted by atomic mass is 9.87. The van der Waals surface area contributed by atoms with Crippen molar-refractivity contribution in [2.24, 2.45) is 0 Å². The van der Waals surface area contributed by atoms with E-state index in [0.29, 0.717) is 11.5 Å². The van der Waals surface area contributed by atoms with Gasteiger partial charge in [0.1, 0.15) is 22.3 Å². The van der Waals surface area contributed by atoms with Crippen LogP contribution in [0.15, 0.2) is 35.7 Å². The number of nitrogens with one attached hydrogen (secondary N) is 1. The molecule has 0 radical (unpaired) electrons. The minimum atomic E-state index is -0.709. The average Bonchev–Trinajstić information content (AvgIpc) is 3.13. The second-order valence-electron chi connectivity index (χ2n) is 6.67. The number of ether oxygens (including phenoxy) is 3. The van der Waals surface area contributed by atoms with Gasteiger partial charge in [-0.1, -0.05) is 6.07 Å². The maximum absolute atomic E-state index is 12.6. The summed E-state index contributed by atoms with van der Waals surface area (Å²) in [5, 5.41) is 5.16. The minimum Gasteiger partial charge on any atom is -0.483 e. The molecule has 0 amide bonds. The fraction of sp³-hybridized carbons (Fsp3) is 0.450. The quantitative estimate of drug-likeness (QED) is 0.745. The van der Waals surface area contributed by atoms with Crippen LogP contribution >= 0.6 is 11.3 Å². The molecule has 2 heterocycles. The molecule has 1 aromatic heterocycles. The molecule has 1 aliphatic heterocycles. The molecule has 3 rings (SSSR count). The summed E-state index contributed by atoms with van der Waals surface area (Å²) in [6.45, 7) is 9.16. The molecule has 0 saturated heterocycles. The van der Waals surface area contributed by atoms with Gasteiger partial charge in [0.15, 0.2) is 6.10 Å². The maximum atomic E-state index is 12.6. The smallest absolute Gasteiger partial charge is 0.348 e. The fourth-order valence-electron chi connectivity index (χ4n) is 3.18. The summed E-state index contributed by atoms with van der Waals surface area (Å²) >= 11 is 1.36. The van der Waals surface area contributed by atoms with Gasteiger partial charge < -0.3 is 19.5 Å². The van der Waals surface area contributed by atoms with Crippen LogP contribution in [-0.4, -0.2) is 30.8 Å². The maximum Gasteiger partial charge on any atom is 0.348 e. The van der Waals surface area contributed by atoms with Crippen molar-refractivity contribution in [2.75, 3.05) is 18.5 Å². The Bertz CT molecular complexity index is 757. The lowest BCUT2D eigenvalue weighted by Crippen LogP contribution is -2.51. The van der Waals surface area contributed by atoms with Crippen molar-refractivity contribution in [3.63, 3.8) is 0 Å². The summed E-state index contributed by atoms with van der Waals surface area (Å²) in [4.78, 5) is 13.1. The molecule has 1 aromatic carbocycles. The Morgan fingerprint density at radius 3 is 2.77 bits per heavy atom. The predicted octanol–water partition coefficient (Wildman–Crippen LogP) is 4.65. The van der Waals surface area contributed by atoms with Crippen molar-refractivity contribution in [3.05, 3.63) is 46.2 Å². The number of anilines is 1. The van der Waals surface area contributed by atoms with Gasteiger partial charge in [-0.2, -0.15) is 0 Å². The van der Waals surface area contributed by atoms with Crippen LogP contribution in [0.5, 0.6) is 5.75 Å². The average molecular weight is 375 g/mol. The Labute approximate surface area is 158 Å². The van der Waals surface area contributed by atoms with Gasteiger partial charge in [-0.25, -0.2) is 4.79 Å². The topological polar surface area (TPSA) is 56.8 Å². The molecular weight excluding hydrogens is 350 g/mol. The first-order valence-electron chi connectivity index (χ1n) is 8.89. The highest BCUT2D eigenvalue weighted by atomic mass is 32.1. The monoisotopic (exact) mass is 375 g/mol.